The largest absolute Gasteiger partial charge is 0.383 e. The van der Waals surface area contributed by atoms with Gasteiger partial charge in [-0.25, -0.2) is 9.97 Å². The normalized spacial score (nSPS) is 15.0. The third-order valence-electron chi connectivity index (χ3n) is 4.87. The molecule has 1 saturated heterocycles. The number of nitrogens with one attached hydrogen (secondary N) is 1. The van der Waals surface area contributed by atoms with Crippen molar-refractivity contribution in [1.82, 2.24) is 19.9 Å². The van der Waals surface area contributed by atoms with E-state index < -0.39 is 0 Å². The average molecular weight is 404 g/mol. The highest BCUT2D eigenvalue weighted by molar-refractivity contribution is 5.87. The number of likely N-dealkylation sites (N-methyl/N-ethyl adjacent to an activating group) is 1. The minimum absolute atomic E-state index is 0. The zero-order valence-corrected chi connectivity index (χ0v) is 17.7. The maximum Gasteiger partial charge on any atom is 0.156 e. The Bertz CT molecular complexity index is 686. The van der Waals surface area contributed by atoms with Crippen molar-refractivity contribution < 1.29 is 4.74 Å². The van der Waals surface area contributed by atoms with Crippen molar-refractivity contribution in [2.75, 3.05) is 45.3 Å². The Balaban J connectivity index is 0.00000169. The number of nitrogens with zero attached hydrogens (tertiary/aromatic N) is 4. The third-order valence-corrected chi connectivity index (χ3v) is 4.87. The molecule has 0 spiro atoms. The van der Waals surface area contributed by atoms with Gasteiger partial charge in [-0.05, 0) is 45.8 Å². The summed E-state index contributed by atoms with van der Waals surface area (Å²) in [6.07, 6.45) is 4.24. The van der Waals surface area contributed by atoms with Gasteiger partial charge in [0, 0.05) is 38.4 Å². The van der Waals surface area contributed by atoms with E-state index in [1.807, 2.05) is 6.33 Å². The summed E-state index contributed by atoms with van der Waals surface area (Å²) in [6.45, 7) is 8.02. The SMILES string of the molecule is COCCN(C)c1nc(C2CCNCC2)cc2c1ncn2C(C)C.Cl.Cl. The van der Waals surface area contributed by atoms with Crippen LogP contribution in [0.4, 0.5) is 5.82 Å². The highest BCUT2D eigenvalue weighted by atomic mass is 35.5. The van der Waals surface area contributed by atoms with E-state index in [1.165, 1.54) is 11.2 Å². The van der Waals surface area contributed by atoms with Crippen molar-refractivity contribution >= 4 is 41.7 Å². The van der Waals surface area contributed by atoms with Gasteiger partial charge in [-0.15, -0.1) is 24.8 Å². The van der Waals surface area contributed by atoms with E-state index in [9.17, 15) is 0 Å². The van der Waals surface area contributed by atoms with E-state index in [2.05, 4.69) is 46.7 Å². The van der Waals surface area contributed by atoms with Crippen LogP contribution in [0.2, 0.25) is 0 Å². The van der Waals surface area contributed by atoms with Gasteiger partial charge < -0.3 is 19.5 Å². The molecule has 26 heavy (non-hydrogen) atoms. The number of fused-ring (bicyclic) bond motifs is 1. The summed E-state index contributed by atoms with van der Waals surface area (Å²) in [4.78, 5) is 11.8. The van der Waals surface area contributed by atoms with Gasteiger partial charge in [0.15, 0.2) is 5.82 Å². The first-order valence-electron chi connectivity index (χ1n) is 8.90. The maximum atomic E-state index is 5.23. The summed E-state index contributed by atoms with van der Waals surface area (Å²) < 4.78 is 7.48. The second-order valence-corrected chi connectivity index (χ2v) is 6.92. The summed E-state index contributed by atoms with van der Waals surface area (Å²) in [5, 5.41) is 3.44. The van der Waals surface area contributed by atoms with Crippen LogP contribution in [-0.4, -0.2) is 54.9 Å². The predicted molar refractivity (Wildman–Crippen MR) is 112 cm³/mol. The monoisotopic (exact) mass is 403 g/mol. The molecule has 148 valence electrons. The molecule has 1 aliphatic rings. The Hall–Kier alpha value is -1.08. The third kappa shape index (κ3) is 4.80. The molecule has 0 saturated carbocycles. The van der Waals surface area contributed by atoms with Crippen LogP contribution in [0.15, 0.2) is 12.4 Å². The van der Waals surface area contributed by atoms with Crippen molar-refractivity contribution in [3.05, 3.63) is 18.1 Å². The number of pyridine rings is 1. The molecule has 1 N–H and O–H groups in total. The molecule has 0 atom stereocenters. The average Bonchev–Trinajstić information content (AvgIpc) is 3.03. The lowest BCUT2D eigenvalue weighted by atomic mass is 9.94. The molecule has 0 unspecified atom stereocenters. The second kappa shape index (κ2) is 10.3. The van der Waals surface area contributed by atoms with Gasteiger partial charge in [-0.3, -0.25) is 0 Å². The van der Waals surface area contributed by atoms with Gasteiger partial charge in [-0.1, -0.05) is 0 Å². The van der Waals surface area contributed by atoms with Crippen LogP contribution in [-0.2, 0) is 4.74 Å². The van der Waals surface area contributed by atoms with E-state index in [4.69, 9.17) is 9.72 Å². The summed E-state index contributed by atoms with van der Waals surface area (Å²) in [7, 11) is 3.80. The maximum absolute atomic E-state index is 5.23. The van der Waals surface area contributed by atoms with Crippen molar-refractivity contribution in [1.29, 1.82) is 0 Å². The van der Waals surface area contributed by atoms with E-state index in [0.717, 1.165) is 43.8 Å². The van der Waals surface area contributed by atoms with Gasteiger partial charge >= 0.3 is 0 Å². The molecule has 6 nitrogen and oxygen atoms in total. The summed E-state index contributed by atoms with van der Waals surface area (Å²) in [6, 6.07) is 2.64. The molecule has 1 fully saturated rings. The molecule has 3 rings (SSSR count). The molecule has 2 aromatic heterocycles. The number of anilines is 1. The van der Waals surface area contributed by atoms with Crippen molar-refractivity contribution in [3.63, 3.8) is 0 Å². The van der Waals surface area contributed by atoms with Crippen LogP contribution >= 0.6 is 24.8 Å². The lowest BCUT2D eigenvalue weighted by Crippen LogP contribution is -2.28. The van der Waals surface area contributed by atoms with Gasteiger partial charge in [0.05, 0.1) is 18.5 Å². The van der Waals surface area contributed by atoms with E-state index in [1.54, 1.807) is 7.11 Å². The molecule has 3 heterocycles. The number of imidazole rings is 1. The highest BCUT2D eigenvalue weighted by Crippen LogP contribution is 2.31. The number of piperidine rings is 1. The first-order chi connectivity index (χ1) is 11.6. The summed E-state index contributed by atoms with van der Waals surface area (Å²) in [5.41, 5.74) is 3.37. The van der Waals surface area contributed by atoms with E-state index in [0.29, 0.717) is 18.6 Å². The predicted octanol–water partition coefficient (Wildman–Crippen LogP) is 3.41. The smallest absolute Gasteiger partial charge is 0.156 e. The van der Waals surface area contributed by atoms with E-state index in [-0.39, 0.29) is 24.8 Å². The number of hydrogen-bond donors (Lipinski definition) is 1. The topological polar surface area (TPSA) is 55.2 Å². The molecule has 0 radical (unpaired) electrons. The molecule has 0 aromatic carbocycles. The number of hydrogen-bond acceptors (Lipinski definition) is 5. The Labute approximate surface area is 168 Å². The standard InChI is InChI=1S/C18H29N5O.2ClH/c1-13(2)23-12-20-17-16(23)11-15(14-5-7-19-8-6-14)21-18(17)22(3)9-10-24-4;;/h11-14,19H,5-10H2,1-4H3;2*1H. The Morgan fingerprint density at radius 3 is 2.62 bits per heavy atom. The molecule has 0 bridgehead atoms. The lowest BCUT2D eigenvalue weighted by Gasteiger charge is -2.25. The number of halogens is 2. The van der Waals surface area contributed by atoms with Crippen molar-refractivity contribution in [3.8, 4) is 0 Å². The van der Waals surface area contributed by atoms with Gasteiger partial charge in [0.1, 0.15) is 5.52 Å². The molecule has 0 amide bonds. The fourth-order valence-corrected chi connectivity index (χ4v) is 3.37. The van der Waals surface area contributed by atoms with Crippen molar-refractivity contribution in [2.24, 2.45) is 0 Å². The number of rotatable bonds is 6. The molecule has 8 heteroatoms. The highest BCUT2D eigenvalue weighted by Gasteiger charge is 2.22. The van der Waals surface area contributed by atoms with Crippen LogP contribution in [0.3, 0.4) is 0 Å². The minimum Gasteiger partial charge on any atom is -0.383 e. The Morgan fingerprint density at radius 2 is 2.00 bits per heavy atom. The number of aromatic nitrogens is 3. The second-order valence-electron chi connectivity index (χ2n) is 6.92. The van der Waals surface area contributed by atoms with Crippen LogP contribution in [0.1, 0.15) is 44.3 Å². The van der Waals surface area contributed by atoms with Gasteiger partial charge in [0.2, 0.25) is 0 Å². The molecule has 0 aliphatic carbocycles. The fourth-order valence-electron chi connectivity index (χ4n) is 3.37. The first kappa shape index (κ1) is 23.0. The number of ether oxygens (including phenoxy) is 1. The first-order valence-corrected chi connectivity index (χ1v) is 8.90. The zero-order valence-electron chi connectivity index (χ0n) is 16.1. The fraction of sp³-hybridized carbons (Fsp3) is 0.667. The minimum atomic E-state index is 0. The Morgan fingerprint density at radius 1 is 1.31 bits per heavy atom. The molecular weight excluding hydrogens is 373 g/mol. The van der Waals surface area contributed by atoms with Crippen LogP contribution < -0.4 is 10.2 Å². The van der Waals surface area contributed by atoms with E-state index >= 15 is 0 Å². The van der Waals surface area contributed by atoms with Crippen LogP contribution in [0.25, 0.3) is 11.0 Å². The van der Waals surface area contributed by atoms with Gasteiger partial charge in [-0.2, -0.15) is 0 Å². The molecule has 2 aromatic rings. The molecule has 1 aliphatic heterocycles. The number of methoxy groups -OCH3 is 1. The quantitative estimate of drug-likeness (QED) is 0.800. The van der Waals surface area contributed by atoms with Crippen molar-refractivity contribution in [2.45, 2.75) is 38.6 Å². The lowest BCUT2D eigenvalue weighted by molar-refractivity contribution is 0.206. The summed E-state index contributed by atoms with van der Waals surface area (Å²) >= 11 is 0. The zero-order chi connectivity index (χ0) is 17.1. The van der Waals surface area contributed by atoms with Crippen LogP contribution in [0, 0.1) is 0 Å². The van der Waals surface area contributed by atoms with Crippen LogP contribution in [0.5, 0.6) is 0 Å². The molecular formula is C18H31Cl2N5O. The van der Waals surface area contributed by atoms with Gasteiger partial charge in [0.25, 0.3) is 0 Å². The summed E-state index contributed by atoms with van der Waals surface area (Å²) in [5.74, 6) is 1.50. The Kier molecular flexibility index (Phi) is 9.10.